The number of rotatable bonds is 4. The molecule has 2 aliphatic heterocycles. The lowest BCUT2D eigenvalue weighted by molar-refractivity contribution is -0.124. The smallest absolute Gasteiger partial charge is 0.243 e. The van der Waals surface area contributed by atoms with Gasteiger partial charge in [-0.2, -0.15) is 4.31 Å². The standard InChI is InChI=1S/C22H25FN2O4S/c1-16-5-7-19(8-6-16)30(27,28)25-14-20(22(15-25)9-11-29-12-10-22)21(26)24-18-4-2-3-17(23)13-18/h2-8,13,20H,9-12,14-15H2,1H3,(H,24,26)/t20-/m0/s1. The highest BCUT2D eigenvalue weighted by Gasteiger charge is 2.53. The zero-order valence-electron chi connectivity index (χ0n) is 16.8. The number of hydrogen-bond acceptors (Lipinski definition) is 4. The van der Waals surface area contributed by atoms with Crippen LogP contribution < -0.4 is 5.32 Å². The fourth-order valence-electron chi connectivity index (χ4n) is 4.41. The number of carbonyl (C=O) groups is 1. The molecule has 2 fully saturated rings. The number of sulfonamides is 1. The van der Waals surface area contributed by atoms with Gasteiger partial charge in [0.2, 0.25) is 15.9 Å². The van der Waals surface area contributed by atoms with Gasteiger partial charge in [-0.15, -0.1) is 0 Å². The van der Waals surface area contributed by atoms with Crippen molar-refractivity contribution in [2.75, 3.05) is 31.6 Å². The number of benzene rings is 2. The largest absolute Gasteiger partial charge is 0.381 e. The third kappa shape index (κ3) is 3.99. The van der Waals surface area contributed by atoms with Crippen LogP contribution in [0.15, 0.2) is 53.4 Å². The number of anilines is 1. The molecule has 30 heavy (non-hydrogen) atoms. The number of hydrogen-bond donors (Lipinski definition) is 1. The third-order valence-corrected chi connectivity index (χ3v) is 8.00. The molecule has 2 aromatic carbocycles. The summed E-state index contributed by atoms with van der Waals surface area (Å²) < 4.78 is 46.9. The molecule has 0 saturated carbocycles. The van der Waals surface area contributed by atoms with Crippen molar-refractivity contribution in [3.05, 3.63) is 59.9 Å². The molecule has 2 aliphatic rings. The Bertz CT molecular complexity index is 1030. The molecule has 1 N–H and O–H groups in total. The predicted octanol–water partition coefficient (Wildman–Crippen LogP) is 3.19. The van der Waals surface area contributed by atoms with Crippen molar-refractivity contribution >= 4 is 21.6 Å². The van der Waals surface area contributed by atoms with Crippen LogP contribution in [0.1, 0.15) is 18.4 Å². The van der Waals surface area contributed by atoms with E-state index < -0.39 is 27.2 Å². The van der Waals surface area contributed by atoms with E-state index in [4.69, 9.17) is 4.74 Å². The Morgan fingerprint density at radius 1 is 1.17 bits per heavy atom. The molecular weight excluding hydrogens is 407 g/mol. The van der Waals surface area contributed by atoms with Crippen molar-refractivity contribution in [2.45, 2.75) is 24.7 Å². The summed E-state index contributed by atoms with van der Waals surface area (Å²) in [5.74, 6) is -1.27. The fourth-order valence-corrected chi connectivity index (χ4v) is 5.96. The molecule has 2 heterocycles. The van der Waals surface area contributed by atoms with E-state index >= 15 is 0 Å². The Morgan fingerprint density at radius 3 is 2.53 bits per heavy atom. The average molecular weight is 433 g/mol. The van der Waals surface area contributed by atoms with Gasteiger partial charge in [0.05, 0.1) is 10.8 Å². The third-order valence-electron chi connectivity index (χ3n) is 6.17. The van der Waals surface area contributed by atoms with Crippen LogP contribution in [-0.4, -0.2) is 44.9 Å². The number of nitrogens with one attached hydrogen (secondary N) is 1. The van der Waals surface area contributed by atoms with Gasteiger partial charge in [0, 0.05) is 37.4 Å². The molecule has 4 rings (SSSR count). The van der Waals surface area contributed by atoms with Crippen LogP contribution in [0.3, 0.4) is 0 Å². The molecule has 2 aromatic rings. The SMILES string of the molecule is Cc1ccc(S(=O)(=O)N2C[C@@H](C(=O)Nc3cccc(F)c3)C3(CCOCC3)C2)cc1. The topological polar surface area (TPSA) is 75.7 Å². The normalized spacial score (nSPS) is 21.6. The van der Waals surface area contributed by atoms with E-state index in [1.165, 1.54) is 22.5 Å². The minimum Gasteiger partial charge on any atom is -0.381 e. The second-order valence-electron chi connectivity index (χ2n) is 8.14. The number of carbonyl (C=O) groups excluding carboxylic acids is 1. The number of amides is 1. The van der Waals surface area contributed by atoms with Crippen molar-refractivity contribution in [2.24, 2.45) is 11.3 Å². The average Bonchev–Trinajstić information content (AvgIpc) is 3.08. The van der Waals surface area contributed by atoms with Gasteiger partial charge in [0.15, 0.2) is 0 Å². The molecule has 0 aromatic heterocycles. The van der Waals surface area contributed by atoms with Crippen LogP contribution in [0.4, 0.5) is 10.1 Å². The first-order valence-electron chi connectivity index (χ1n) is 10.0. The number of aryl methyl sites for hydroxylation is 1. The lowest BCUT2D eigenvalue weighted by Gasteiger charge is -2.37. The molecule has 6 nitrogen and oxygen atoms in total. The van der Waals surface area contributed by atoms with Crippen molar-refractivity contribution in [3.63, 3.8) is 0 Å². The Hall–Kier alpha value is -2.29. The highest BCUT2D eigenvalue weighted by Crippen LogP contribution is 2.46. The number of nitrogens with zero attached hydrogens (tertiary/aromatic N) is 1. The van der Waals surface area contributed by atoms with Crippen LogP contribution in [-0.2, 0) is 19.6 Å². The molecule has 0 unspecified atom stereocenters. The fraction of sp³-hybridized carbons (Fsp3) is 0.409. The molecule has 0 bridgehead atoms. The zero-order chi connectivity index (χ0) is 21.4. The lowest BCUT2D eigenvalue weighted by atomic mass is 9.72. The summed E-state index contributed by atoms with van der Waals surface area (Å²) in [4.78, 5) is 13.4. The second-order valence-corrected chi connectivity index (χ2v) is 10.1. The molecule has 2 saturated heterocycles. The van der Waals surface area contributed by atoms with E-state index in [9.17, 15) is 17.6 Å². The van der Waals surface area contributed by atoms with Gasteiger partial charge in [0.1, 0.15) is 5.82 Å². The summed E-state index contributed by atoms with van der Waals surface area (Å²) in [6, 6.07) is 12.4. The van der Waals surface area contributed by atoms with Gasteiger partial charge in [0.25, 0.3) is 0 Å². The van der Waals surface area contributed by atoms with Gasteiger partial charge in [-0.1, -0.05) is 23.8 Å². The Labute approximate surface area is 176 Å². The summed E-state index contributed by atoms with van der Waals surface area (Å²) in [6.07, 6.45) is 1.21. The van der Waals surface area contributed by atoms with E-state index in [0.29, 0.717) is 31.7 Å². The summed E-state index contributed by atoms with van der Waals surface area (Å²) in [5, 5.41) is 2.77. The molecule has 1 atom stereocenters. The molecule has 0 aliphatic carbocycles. The zero-order valence-corrected chi connectivity index (χ0v) is 17.6. The Kier molecular flexibility index (Phi) is 5.65. The van der Waals surface area contributed by atoms with Gasteiger partial charge < -0.3 is 10.1 Å². The number of halogens is 1. The van der Waals surface area contributed by atoms with E-state index in [2.05, 4.69) is 5.32 Å². The van der Waals surface area contributed by atoms with Gasteiger partial charge in [-0.05, 0) is 50.1 Å². The van der Waals surface area contributed by atoms with Crippen LogP contribution in [0, 0.1) is 24.1 Å². The van der Waals surface area contributed by atoms with E-state index in [0.717, 1.165) is 5.56 Å². The maximum absolute atomic E-state index is 13.5. The lowest BCUT2D eigenvalue weighted by Crippen LogP contribution is -2.42. The number of ether oxygens (including phenoxy) is 1. The minimum absolute atomic E-state index is 0.0946. The first-order valence-corrected chi connectivity index (χ1v) is 11.5. The maximum atomic E-state index is 13.5. The summed E-state index contributed by atoms with van der Waals surface area (Å²) >= 11 is 0. The van der Waals surface area contributed by atoms with E-state index in [1.807, 2.05) is 6.92 Å². The van der Waals surface area contributed by atoms with Gasteiger partial charge in [-0.3, -0.25) is 4.79 Å². The first kappa shape index (κ1) is 21.0. The molecule has 1 amide bonds. The van der Waals surface area contributed by atoms with Crippen molar-refractivity contribution in [1.82, 2.24) is 4.31 Å². The monoisotopic (exact) mass is 432 g/mol. The minimum atomic E-state index is -3.72. The summed E-state index contributed by atoms with van der Waals surface area (Å²) in [5.41, 5.74) is 0.846. The van der Waals surface area contributed by atoms with Crippen molar-refractivity contribution in [1.29, 1.82) is 0 Å². The molecule has 8 heteroatoms. The van der Waals surface area contributed by atoms with Crippen molar-refractivity contribution < 1.29 is 22.3 Å². The van der Waals surface area contributed by atoms with Crippen molar-refractivity contribution in [3.8, 4) is 0 Å². The predicted molar refractivity (Wildman–Crippen MR) is 111 cm³/mol. The second kappa shape index (κ2) is 8.09. The Balaban J connectivity index is 1.62. The summed E-state index contributed by atoms with van der Waals surface area (Å²) in [7, 11) is -3.72. The van der Waals surface area contributed by atoms with E-state index in [1.54, 1.807) is 30.3 Å². The molecule has 1 spiro atoms. The highest BCUT2D eigenvalue weighted by atomic mass is 32.2. The van der Waals surface area contributed by atoms with Gasteiger partial charge in [-0.25, -0.2) is 12.8 Å². The highest BCUT2D eigenvalue weighted by molar-refractivity contribution is 7.89. The first-order chi connectivity index (χ1) is 14.3. The Morgan fingerprint density at radius 2 is 1.87 bits per heavy atom. The maximum Gasteiger partial charge on any atom is 0.243 e. The molecule has 160 valence electrons. The van der Waals surface area contributed by atoms with Crippen LogP contribution in [0.5, 0.6) is 0 Å². The molecular formula is C22H25FN2O4S. The van der Waals surface area contributed by atoms with Crippen LogP contribution in [0.2, 0.25) is 0 Å². The quantitative estimate of drug-likeness (QED) is 0.805. The van der Waals surface area contributed by atoms with E-state index in [-0.39, 0.29) is 23.9 Å². The van der Waals surface area contributed by atoms with Gasteiger partial charge >= 0.3 is 0 Å². The molecule has 0 radical (unpaired) electrons. The van der Waals surface area contributed by atoms with Crippen LogP contribution in [0.25, 0.3) is 0 Å². The van der Waals surface area contributed by atoms with Crippen LogP contribution >= 0.6 is 0 Å². The summed E-state index contributed by atoms with van der Waals surface area (Å²) in [6.45, 7) is 3.24.